The van der Waals surface area contributed by atoms with E-state index in [1.54, 1.807) is 17.0 Å². The fraction of sp³-hybridized carbons (Fsp3) is 0.300. The van der Waals surface area contributed by atoms with Crippen LogP contribution in [0.3, 0.4) is 0 Å². The molecule has 0 spiro atoms. The smallest absolute Gasteiger partial charge is 0.245 e. The number of nitrogens with two attached hydrogens (primary N) is 1. The molecule has 1 unspecified atom stereocenters. The number of benzene rings is 1. The molecule has 2 rings (SSSR count). The third-order valence-electron chi connectivity index (χ3n) is 2.39. The molecule has 1 saturated heterocycles. The molecule has 0 radical (unpaired) electrons. The van der Waals surface area contributed by atoms with Gasteiger partial charge in [0.05, 0.1) is 13.2 Å². The summed E-state index contributed by atoms with van der Waals surface area (Å²) < 4.78 is 0. The van der Waals surface area contributed by atoms with Crippen LogP contribution in [0.1, 0.15) is 5.56 Å². The van der Waals surface area contributed by atoms with Gasteiger partial charge >= 0.3 is 0 Å². The normalized spacial score (nSPS) is 20.9. The van der Waals surface area contributed by atoms with Crippen molar-refractivity contribution in [2.75, 3.05) is 11.4 Å². The minimum atomic E-state index is -0.340. The molecule has 1 atom stereocenters. The third kappa shape index (κ3) is 1.38. The Balaban J connectivity index is 2.14. The minimum absolute atomic E-state index is 0.0216. The van der Waals surface area contributed by atoms with E-state index in [1.807, 2.05) is 12.1 Å². The number of rotatable bonds is 2. The summed E-state index contributed by atoms with van der Waals surface area (Å²) >= 11 is 0. The van der Waals surface area contributed by atoms with Gasteiger partial charge in [0.2, 0.25) is 5.91 Å². The van der Waals surface area contributed by atoms with E-state index in [2.05, 4.69) is 0 Å². The highest BCUT2D eigenvalue weighted by Crippen LogP contribution is 2.21. The fourth-order valence-electron chi connectivity index (χ4n) is 1.47. The van der Waals surface area contributed by atoms with Gasteiger partial charge in [0.15, 0.2) is 0 Å². The van der Waals surface area contributed by atoms with E-state index in [-0.39, 0.29) is 18.6 Å². The van der Waals surface area contributed by atoms with E-state index in [9.17, 15) is 4.79 Å². The molecule has 1 aliphatic rings. The molecule has 0 aromatic heterocycles. The number of aliphatic hydroxyl groups is 1. The second-order valence-corrected chi connectivity index (χ2v) is 3.38. The predicted molar refractivity (Wildman–Crippen MR) is 52.7 cm³/mol. The Hall–Kier alpha value is -1.39. The Morgan fingerprint density at radius 2 is 2.07 bits per heavy atom. The van der Waals surface area contributed by atoms with Crippen LogP contribution >= 0.6 is 0 Å². The first kappa shape index (κ1) is 9.18. The second kappa shape index (κ2) is 3.40. The molecular formula is C10H12N2O2. The molecule has 1 aromatic carbocycles. The first-order valence-corrected chi connectivity index (χ1v) is 4.49. The largest absolute Gasteiger partial charge is 0.392 e. The van der Waals surface area contributed by atoms with Crippen molar-refractivity contribution in [2.24, 2.45) is 5.73 Å². The lowest BCUT2D eigenvalue weighted by atomic mass is 10.1. The Morgan fingerprint density at radius 3 is 2.50 bits per heavy atom. The molecule has 1 fully saturated rings. The van der Waals surface area contributed by atoms with Crippen molar-refractivity contribution in [2.45, 2.75) is 12.6 Å². The van der Waals surface area contributed by atoms with E-state index in [0.717, 1.165) is 11.3 Å². The average Bonchev–Trinajstić information content (AvgIpc) is 2.25. The molecule has 74 valence electrons. The van der Waals surface area contributed by atoms with Crippen LogP contribution < -0.4 is 10.6 Å². The molecule has 1 heterocycles. The second-order valence-electron chi connectivity index (χ2n) is 3.38. The zero-order valence-electron chi connectivity index (χ0n) is 7.68. The van der Waals surface area contributed by atoms with Crippen molar-refractivity contribution in [3.63, 3.8) is 0 Å². The first-order chi connectivity index (χ1) is 6.72. The monoisotopic (exact) mass is 192 g/mol. The average molecular weight is 192 g/mol. The van der Waals surface area contributed by atoms with Gasteiger partial charge in [-0.05, 0) is 17.7 Å². The highest BCUT2D eigenvalue weighted by molar-refractivity contribution is 6.03. The maximum atomic E-state index is 11.3. The number of β-lactam (4-membered cyclic amide) rings is 1. The van der Waals surface area contributed by atoms with Gasteiger partial charge < -0.3 is 15.7 Å². The first-order valence-electron chi connectivity index (χ1n) is 4.49. The molecule has 0 saturated carbocycles. The van der Waals surface area contributed by atoms with Crippen LogP contribution in [0.5, 0.6) is 0 Å². The number of hydrogen-bond donors (Lipinski definition) is 2. The summed E-state index contributed by atoms with van der Waals surface area (Å²) in [4.78, 5) is 12.9. The molecular weight excluding hydrogens is 180 g/mol. The van der Waals surface area contributed by atoms with Crippen molar-refractivity contribution in [3.8, 4) is 0 Å². The molecule has 1 amide bonds. The summed E-state index contributed by atoms with van der Waals surface area (Å²) in [6.07, 6.45) is 0. The van der Waals surface area contributed by atoms with Crippen LogP contribution in [0.25, 0.3) is 0 Å². The van der Waals surface area contributed by atoms with Crippen molar-refractivity contribution >= 4 is 11.6 Å². The van der Waals surface area contributed by atoms with Gasteiger partial charge in [-0.3, -0.25) is 4.79 Å². The van der Waals surface area contributed by atoms with E-state index in [4.69, 9.17) is 10.8 Å². The van der Waals surface area contributed by atoms with Gasteiger partial charge in [-0.2, -0.15) is 0 Å². The number of anilines is 1. The summed E-state index contributed by atoms with van der Waals surface area (Å²) in [6.45, 7) is 0.602. The number of aliphatic hydroxyl groups excluding tert-OH is 1. The lowest BCUT2D eigenvalue weighted by molar-refractivity contribution is -0.123. The highest BCUT2D eigenvalue weighted by atomic mass is 16.3. The van der Waals surface area contributed by atoms with E-state index in [0.29, 0.717) is 6.54 Å². The van der Waals surface area contributed by atoms with Gasteiger partial charge in [0.25, 0.3) is 0 Å². The third-order valence-corrected chi connectivity index (χ3v) is 2.39. The van der Waals surface area contributed by atoms with Crippen LogP contribution in [0.4, 0.5) is 5.69 Å². The zero-order chi connectivity index (χ0) is 10.1. The summed E-state index contributed by atoms with van der Waals surface area (Å²) in [7, 11) is 0. The molecule has 4 nitrogen and oxygen atoms in total. The Morgan fingerprint density at radius 1 is 1.43 bits per heavy atom. The van der Waals surface area contributed by atoms with Crippen molar-refractivity contribution in [1.29, 1.82) is 0 Å². The van der Waals surface area contributed by atoms with Crippen molar-refractivity contribution in [1.82, 2.24) is 0 Å². The zero-order valence-corrected chi connectivity index (χ0v) is 7.68. The summed E-state index contributed by atoms with van der Waals surface area (Å²) in [5.74, 6) is -0.0400. The highest BCUT2D eigenvalue weighted by Gasteiger charge is 2.34. The summed E-state index contributed by atoms with van der Waals surface area (Å²) in [6, 6.07) is 6.89. The Labute approximate surface area is 81.9 Å². The number of carbonyl (C=O) groups is 1. The lowest BCUT2D eigenvalue weighted by Gasteiger charge is -2.36. The lowest BCUT2D eigenvalue weighted by Crippen LogP contribution is -2.61. The minimum Gasteiger partial charge on any atom is -0.392 e. The Kier molecular flexibility index (Phi) is 2.23. The van der Waals surface area contributed by atoms with Gasteiger partial charge in [-0.15, -0.1) is 0 Å². The van der Waals surface area contributed by atoms with Gasteiger partial charge in [0.1, 0.15) is 6.04 Å². The quantitative estimate of drug-likeness (QED) is 0.640. The van der Waals surface area contributed by atoms with Gasteiger partial charge in [0, 0.05) is 5.69 Å². The summed E-state index contributed by atoms with van der Waals surface area (Å²) in [5.41, 5.74) is 7.16. The Bertz CT molecular complexity index is 348. The van der Waals surface area contributed by atoms with Gasteiger partial charge in [-0.25, -0.2) is 0 Å². The predicted octanol–water partition coefficient (Wildman–Crippen LogP) is -0.147. The van der Waals surface area contributed by atoms with E-state index < -0.39 is 0 Å². The van der Waals surface area contributed by atoms with Gasteiger partial charge in [-0.1, -0.05) is 12.1 Å². The molecule has 14 heavy (non-hydrogen) atoms. The van der Waals surface area contributed by atoms with Crippen molar-refractivity contribution in [3.05, 3.63) is 29.8 Å². The van der Waals surface area contributed by atoms with E-state index >= 15 is 0 Å². The fourth-order valence-corrected chi connectivity index (χ4v) is 1.47. The molecule has 4 heteroatoms. The number of nitrogens with zero attached hydrogens (tertiary/aromatic N) is 1. The molecule has 1 aromatic rings. The molecule has 0 bridgehead atoms. The topological polar surface area (TPSA) is 66.6 Å². The van der Waals surface area contributed by atoms with Crippen LogP contribution in [0.15, 0.2) is 24.3 Å². The van der Waals surface area contributed by atoms with Crippen LogP contribution in [-0.2, 0) is 11.4 Å². The maximum absolute atomic E-state index is 11.3. The number of amides is 1. The van der Waals surface area contributed by atoms with E-state index in [1.165, 1.54) is 0 Å². The maximum Gasteiger partial charge on any atom is 0.245 e. The standard InChI is InChI=1S/C10H12N2O2/c11-9-5-12(10(9)14)8-3-1-7(6-13)2-4-8/h1-4,9,13H,5-6,11H2. The molecule has 0 aliphatic carbocycles. The van der Waals surface area contributed by atoms with Crippen molar-refractivity contribution < 1.29 is 9.90 Å². The number of hydrogen-bond acceptors (Lipinski definition) is 3. The SMILES string of the molecule is NC1CN(c2ccc(CO)cc2)C1=O. The molecule has 3 N–H and O–H groups in total. The van der Waals surface area contributed by atoms with Crippen LogP contribution in [0.2, 0.25) is 0 Å². The summed E-state index contributed by atoms with van der Waals surface area (Å²) in [5, 5.41) is 8.83. The van der Waals surface area contributed by atoms with Crippen LogP contribution in [-0.4, -0.2) is 23.6 Å². The number of carbonyl (C=O) groups excluding carboxylic acids is 1. The molecule has 1 aliphatic heterocycles. The van der Waals surface area contributed by atoms with Crippen LogP contribution in [0, 0.1) is 0 Å².